The van der Waals surface area contributed by atoms with Crippen LogP contribution in [-0.2, 0) is 43.3 Å². The molecule has 72 heavy (non-hydrogen) atoms. The predicted molar refractivity (Wildman–Crippen MR) is 264 cm³/mol. The molecule has 0 spiro atoms. The Hall–Kier alpha value is -7.18. The third-order valence-electron chi connectivity index (χ3n) is 12.0. The van der Waals surface area contributed by atoms with Crippen LogP contribution >= 0.6 is 23.2 Å². The zero-order valence-corrected chi connectivity index (χ0v) is 41.6. The summed E-state index contributed by atoms with van der Waals surface area (Å²) in [7, 11) is 3.60. The first kappa shape index (κ1) is 51.2. The van der Waals surface area contributed by atoms with Crippen LogP contribution in [0.15, 0.2) is 85.1 Å². The van der Waals surface area contributed by atoms with Gasteiger partial charge in [-0.2, -0.15) is 32.1 Å². The molecule has 0 unspecified atom stereocenters. The van der Waals surface area contributed by atoms with E-state index in [0.717, 1.165) is 27.9 Å². The summed E-state index contributed by atoms with van der Waals surface area (Å²) in [5.41, 5.74) is 8.23. The van der Waals surface area contributed by atoms with E-state index in [1.54, 1.807) is 85.8 Å². The molecule has 0 bridgehead atoms. The maximum Gasteiger partial charge on any atom is 0.397 e. The summed E-state index contributed by atoms with van der Waals surface area (Å²) in [6.45, 7) is 8.47. The Labute approximate surface area is 420 Å². The van der Waals surface area contributed by atoms with E-state index in [1.807, 2.05) is 57.3 Å². The molecule has 13 nitrogen and oxygen atoms in total. The summed E-state index contributed by atoms with van der Waals surface area (Å²) in [4.78, 5) is 39.1. The smallest absolute Gasteiger partial charge is 0.397 e. The van der Waals surface area contributed by atoms with Gasteiger partial charge in [0.05, 0.1) is 17.8 Å². The van der Waals surface area contributed by atoms with Gasteiger partial charge < -0.3 is 20.1 Å². The average Bonchev–Trinajstić information content (AvgIpc) is 3.90. The summed E-state index contributed by atoms with van der Waals surface area (Å²) < 4.78 is 82.3. The summed E-state index contributed by atoms with van der Waals surface area (Å²) in [5, 5.41) is 16.0. The highest BCUT2D eigenvalue weighted by Crippen LogP contribution is 2.38. The van der Waals surface area contributed by atoms with Crippen LogP contribution in [0.4, 0.5) is 22.0 Å². The minimum atomic E-state index is -4.67. The topological polar surface area (TPSA) is 151 Å². The van der Waals surface area contributed by atoms with Crippen molar-refractivity contribution >= 4 is 56.8 Å². The summed E-state index contributed by atoms with van der Waals surface area (Å²) >= 11 is 13.7. The lowest BCUT2D eigenvalue weighted by molar-refractivity contribution is -0.154. The molecule has 0 aliphatic rings. The number of aryl methyl sites for hydroxylation is 5. The predicted octanol–water partition coefficient (Wildman–Crippen LogP) is 11.5. The highest BCUT2D eigenvalue weighted by molar-refractivity contribution is 6.32. The van der Waals surface area contributed by atoms with Gasteiger partial charge in [0.25, 0.3) is 5.91 Å². The van der Waals surface area contributed by atoms with E-state index in [1.165, 1.54) is 0 Å². The fraction of sp³-hybridized carbons (Fsp3) is 0.288. The van der Waals surface area contributed by atoms with Gasteiger partial charge in [0.15, 0.2) is 11.6 Å². The van der Waals surface area contributed by atoms with Crippen LogP contribution in [0.25, 0.3) is 44.5 Å². The minimum absolute atomic E-state index is 0.0901. The number of pyridine rings is 2. The number of halogens is 7. The van der Waals surface area contributed by atoms with Crippen molar-refractivity contribution in [3.8, 4) is 34.1 Å². The number of fused-ring (bicyclic) bond motifs is 2. The Morgan fingerprint density at radius 3 is 1.88 bits per heavy atom. The van der Waals surface area contributed by atoms with Gasteiger partial charge in [-0.05, 0) is 99.3 Å². The van der Waals surface area contributed by atoms with E-state index in [9.17, 15) is 31.5 Å². The fourth-order valence-corrected chi connectivity index (χ4v) is 9.44. The number of nitrogens with one attached hydrogen (secondary N) is 2. The molecule has 8 aromatic rings. The quantitative estimate of drug-likeness (QED) is 0.0901. The number of benzene rings is 4. The first-order valence-electron chi connectivity index (χ1n) is 22.6. The van der Waals surface area contributed by atoms with Gasteiger partial charge in [-0.1, -0.05) is 59.6 Å². The minimum Gasteiger partial charge on any atom is -0.487 e. The zero-order chi connectivity index (χ0) is 51.8. The maximum atomic E-state index is 13.6. The zero-order valence-electron chi connectivity index (χ0n) is 40.1. The molecule has 8 rings (SSSR count). The molecule has 4 aromatic heterocycles. The Morgan fingerprint density at radius 2 is 1.29 bits per heavy atom. The van der Waals surface area contributed by atoms with Crippen molar-refractivity contribution in [2.24, 2.45) is 14.1 Å². The summed E-state index contributed by atoms with van der Waals surface area (Å²) in [6, 6.07) is 21.9. The van der Waals surface area contributed by atoms with Crippen LogP contribution in [0.3, 0.4) is 0 Å². The third-order valence-corrected chi connectivity index (χ3v) is 12.7. The second-order valence-corrected chi connectivity index (χ2v) is 18.4. The molecule has 0 radical (unpaired) electrons. The highest BCUT2D eigenvalue weighted by Gasteiger charge is 2.32. The largest absolute Gasteiger partial charge is 0.487 e. The van der Waals surface area contributed by atoms with E-state index < -0.39 is 42.9 Å². The fourth-order valence-electron chi connectivity index (χ4n) is 8.80. The molecular weight excluding hydrogens is 981 g/mol. The van der Waals surface area contributed by atoms with Gasteiger partial charge in [-0.15, -0.1) is 0 Å². The van der Waals surface area contributed by atoms with Crippen LogP contribution in [0.1, 0.15) is 82.9 Å². The molecule has 4 heterocycles. The Kier molecular flexibility index (Phi) is 14.8. The highest BCUT2D eigenvalue weighted by atomic mass is 35.5. The van der Waals surface area contributed by atoms with Crippen molar-refractivity contribution in [1.29, 1.82) is 0 Å². The van der Waals surface area contributed by atoms with Crippen molar-refractivity contribution in [3.63, 3.8) is 0 Å². The van der Waals surface area contributed by atoms with Gasteiger partial charge in [-0.25, -0.2) is 19.6 Å². The molecule has 2 N–H and O–H groups in total. The number of hydrogen-bond donors (Lipinski definition) is 2. The molecule has 4 aromatic carbocycles. The first-order chi connectivity index (χ1) is 34.1. The van der Waals surface area contributed by atoms with E-state index in [-0.39, 0.29) is 24.7 Å². The van der Waals surface area contributed by atoms with Crippen molar-refractivity contribution in [2.45, 2.75) is 85.4 Å². The molecule has 2 atom stereocenters. The molecule has 0 aliphatic heterocycles. The Balaban J connectivity index is 1.08. The van der Waals surface area contributed by atoms with E-state index in [0.29, 0.717) is 83.7 Å². The number of rotatable bonds is 16. The van der Waals surface area contributed by atoms with Gasteiger partial charge >= 0.3 is 12.6 Å². The van der Waals surface area contributed by atoms with Gasteiger partial charge in [0, 0.05) is 81.2 Å². The lowest BCUT2D eigenvalue weighted by Gasteiger charge is -2.21. The summed E-state index contributed by atoms with van der Waals surface area (Å²) in [5.74, 6) is -0.874. The SMILES string of the molecule is Cc1cc(Cl)c(COc2cccc3c(-c4nc(Cc5cc(Cl)c(COc6cccc7c(-c8ccnn8C)cc(C)nc67)c([C@H](C)NC(=O)C(F)F)c5)nn4C)cc(C)nc23)c([C@H](C)NC(=O)CC(F)(F)F)c1. The number of alkyl halides is 5. The van der Waals surface area contributed by atoms with Gasteiger partial charge in [-0.3, -0.25) is 14.3 Å². The van der Waals surface area contributed by atoms with Gasteiger partial charge in [0.2, 0.25) is 5.91 Å². The third kappa shape index (κ3) is 11.3. The Morgan fingerprint density at radius 1 is 0.722 bits per heavy atom. The van der Waals surface area contributed by atoms with Crippen molar-refractivity contribution in [1.82, 2.24) is 45.1 Å². The number of para-hydroxylation sites is 2. The van der Waals surface area contributed by atoms with Crippen LogP contribution in [0, 0.1) is 20.8 Å². The normalized spacial score (nSPS) is 12.7. The molecule has 374 valence electrons. The van der Waals surface area contributed by atoms with Crippen LogP contribution < -0.4 is 20.1 Å². The monoisotopic (exact) mass is 1030 g/mol. The van der Waals surface area contributed by atoms with Crippen LogP contribution in [0.5, 0.6) is 11.5 Å². The van der Waals surface area contributed by atoms with E-state index >= 15 is 0 Å². The molecule has 0 saturated heterocycles. The molecule has 0 saturated carbocycles. The standard InChI is InChI=1S/C52H48Cl2F5N9O4/c1-26-16-34(29(4)63-46(69)23-52(57,58)59)38(40(53)17-26)24-71-44-13-9-11-33-37(19-28(3)62-48(33)44)50-65-45(66-68(50)7)22-31-20-35(30(5)64-51(70)49(55)56)39(41(54)21-31)25-72-43-12-8-10-32-36(18-27(2)61-47(32)43)42-14-15-60-67(42)6/h8-21,29-30,49H,22-25H2,1-7H3,(H,63,69)(H,64,70)/t29-,30-/m0/s1. The number of hydrogen-bond acceptors (Lipinski definition) is 9. The molecule has 20 heteroatoms. The summed E-state index contributed by atoms with van der Waals surface area (Å²) in [6.07, 6.45) is -7.66. The van der Waals surface area contributed by atoms with E-state index in [2.05, 4.69) is 15.7 Å². The maximum absolute atomic E-state index is 13.6. The van der Waals surface area contributed by atoms with Crippen molar-refractivity contribution in [2.75, 3.05) is 0 Å². The number of ether oxygens (including phenoxy) is 2. The lowest BCUT2D eigenvalue weighted by atomic mass is 9.97. The molecule has 0 aliphatic carbocycles. The molecule has 0 fully saturated rings. The van der Waals surface area contributed by atoms with Gasteiger partial charge in [0.1, 0.15) is 42.2 Å². The molecular formula is C52H48Cl2F5N9O4. The number of carbonyl (C=O) groups excluding carboxylic acids is 2. The first-order valence-corrected chi connectivity index (χ1v) is 23.4. The van der Waals surface area contributed by atoms with Crippen molar-refractivity contribution < 1.29 is 41.0 Å². The average molecular weight is 1030 g/mol. The number of aromatic nitrogens is 7. The second kappa shape index (κ2) is 20.9. The Bertz CT molecular complexity index is 3380. The molecule has 2 amide bonds. The number of carbonyl (C=O) groups is 2. The van der Waals surface area contributed by atoms with Crippen LogP contribution in [-0.4, -0.2) is 58.9 Å². The van der Waals surface area contributed by atoms with Crippen molar-refractivity contribution in [3.05, 3.63) is 146 Å². The lowest BCUT2D eigenvalue weighted by Crippen LogP contribution is -2.32. The number of amides is 2. The second-order valence-electron chi connectivity index (χ2n) is 17.6. The van der Waals surface area contributed by atoms with Crippen LogP contribution in [0.2, 0.25) is 10.0 Å². The number of nitrogens with zero attached hydrogens (tertiary/aromatic N) is 7. The van der Waals surface area contributed by atoms with E-state index in [4.69, 9.17) is 52.7 Å².